The van der Waals surface area contributed by atoms with Crippen molar-refractivity contribution in [3.63, 3.8) is 0 Å². The highest BCUT2D eigenvalue weighted by atomic mass is 32.1. The number of hydrogen-bond donors (Lipinski definition) is 0. The van der Waals surface area contributed by atoms with E-state index in [1.165, 1.54) is 0 Å². The summed E-state index contributed by atoms with van der Waals surface area (Å²) in [4.78, 5) is 14.3. The molecule has 0 aliphatic carbocycles. The minimum absolute atomic E-state index is 0.310. The largest absolute Gasteiger partial charge is 0.488 e. The van der Waals surface area contributed by atoms with Gasteiger partial charge in [-0.25, -0.2) is 0 Å². The third-order valence-electron chi connectivity index (χ3n) is 1.64. The standard InChI is InChI=1S/C8H9NO2S/c10-5-8-7(9-6-12)3-1-2-4-11-8/h5H,1-4H2. The lowest BCUT2D eigenvalue weighted by atomic mass is 10.2. The number of thiocarbonyl (C=S) groups is 1. The molecule has 1 heterocycles. The van der Waals surface area contributed by atoms with Crippen LogP contribution in [0.2, 0.25) is 0 Å². The maximum Gasteiger partial charge on any atom is 0.186 e. The normalized spacial score (nSPS) is 17.3. The molecule has 0 saturated carbocycles. The Morgan fingerprint density at radius 3 is 3.08 bits per heavy atom. The molecule has 1 aliphatic rings. The van der Waals surface area contributed by atoms with Crippen molar-refractivity contribution in [3.8, 4) is 0 Å². The Balaban J connectivity index is 2.88. The molecule has 4 heteroatoms. The average Bonchev–Trinajstić information content (AvgIpc) is 2.30. The first-order valence-corrected chi connectivity index (χ1v) is 4.18. The minimum Gasteiger partial charge on any atom is -0.488 e. The predicted octanol–water partition coefficient (Wildman–Crippen LogP) is 1.70. The topological polar surface area (TPSA) is 38.7 Å². The number of ether oxygens (including phenoxy) is 1. The maximum atomic E-state index is 10.5. The van der Waals surface area contributed by atoms with Crippen LogP contribution in [0.3, 0.4) is 0 Å². The quantitative estimate of drug-likeness (QED) is 0.371. The highest BCUT2D eigenvalue weighted by molar-refractivity contribution is 7.78. The fraction of sp³-hybridized carbons (Fsp3) is 0.500. The summed E-state index contributed by atoms with van der Waals surface area (Å²) < 4.78 is 5.15. The third kappa shape index (κ3) is 2.26. The van der Waals surface area contributed by atoms with Gasteiger partial charge in [0.15, 0.2) is 12.0 Å². The van der Waals surface area contributed by atoms with Crippen LogP contribution >= 0.6 is 12.2 Å². The number of nitrogens with zero attached hydrogens (tertiary/aromatic N) is 1. The summed E-state index contributed by atoms with van der Waals surface area (Å²) in [5.74, 6) is 0.310. The van der Waals surface area contributed by atoms with Gasteiger partial charge in [0.05, 0.1) is 17.5 Å². The fourth-order valence-electron chi connectivity index (χ4n) is 1.05. The van der Waals surface area contributed by atoms with Crippen molar-refractivity contribution in [2.24, 2.45) is 4.99 Å². The minimum atomic E-state index is 0.310. The fourth-order valence-corrected chi connectivity index (χ4v) is 1.16. The third-order valence-corrected chi connectivity index (χ3v) is 1.73. The number of aliphatic imine (C=N–C) groups is 1. The molecule has 0 spiro atoms. The summed E-state index contributed by atoms with van der Waals surface area (Å²) in [5.41, 5.74) is 0.623. The second kappa shape index (κ2) is 4.80. The summed E-state index contributed by atoms with van der Waals surface area (Å²) in [6.45, 7) is 0.588. The molecule has 0 amide bonds. The Morgan fingerprint density at radius 1 is 1.58 bits per heavy atom. The summed E-state index contributed by atoms with van der Waals surface area (Å²) >= 11 is 4.46. The van der Waals surface area contributed by atoms with Gasteiger partial charge in [-0.3, -0.25) is 4.79 Å². The smallest absolute Gasteiger partial charge is 0.186 e. The van der Waals surface area contributed by atoms with Crippen LogP contribution in [0.4, 0.5) is 0 Å². The van der Waals surface area contributed by atoms with Gasteiger partial charge in [-0.05, 0) is 31.5 Å². The number of aldehydes is 1. The highest BCUT2D eigenvalue weighted by Crippen LogP contribution is 2.17. The zero-order valence-electron chi connectivity index (χ0n) is 6.58. The molecule has 0 unspecified atom stereocenters. The van der Waals surface area contributed by atoms with E-state index in [0.29, 0.717) is 24.3 Å². The number of hydrogen-bond acceptors (Lipinski definition) is 4. The van der Waals surface area contributed by atoms with Gasteiger partial charge in [0.1, 0.15) is 0 Å². The van der Waals surface area contributed by atoms with E-state index in [9.17, 15) is 4.79 Å². The van der Waals surface area contributed by atoms with E-state index >= 15 is 0 Å². The van der Waals surface area contributed by atoms with Gasteiger partial charge in [-0.15, -0.1) is 0 Å². The zero-order chi connectivity index (χ0) is 8.81. The summed E-state index contributed by atoms with van der Waals surface area (Å²) in [5, 5.41) is 2.24. The zero-order valence-corrected chi connectivity index (χ0v) is 7.39. The monoisotopic (exact) mass is 183 g/mol. The lowest BCUT2D eigenvalue weighted by Crippen LogP contribution is -1.95. The molecule has 0 bridgehead atoms. The van der Waals surface area contributed by atoms with E-state index in [-0.39, 0.29) is 0 Å². The van der Waals surface area contributed by atoms with E-state index in [2.05, 4.69) is 22.4 Å². The highest BCUT2D eigenvalue weighted by Gasteiger charge is 2.10. The van der Waals surface area contributed by atoms with Gasteiger partial charge in [0, 0.05) is 0 Å². The lowest BCUT2D eigenvalue weighted by Gasteiger charge is -2.00. The van der Waals surface area contributed by atoms with Gasteiger partial charge in [-0.2, -0.15) is 4.99 Å². The van der Waals surface area contributed by atoms with Crippen molar-refractivity contribution in [1.82, 2.24) is 0 Å². The lowest BCUT2D eigenvalue weighted by molar-refractivity contribution is -0.107. The molecule has 1 rings (SSSR count). The van der Waals surface area contributed by atoms with Crippen LogP contribution in [-0.2, 0) is 9.53 Å². The average molecular weight is 183 g/mol. The van der Waals surface area contributed by atoms with Crippen LogP contribution in [0.25, 0.3) is 0 Å². The molecule has 0 radical (unpaired) electrons. The number of carbonyl (C=O) groups excluding carboxylic acids is 1. The van der Waals surface area contributed by atoms with Crippen LogP contribution in [-0.4, -0.2) is 18.1 Å². The molecular weight excluding hydrogens is 174 g/mol. The van der Waals surface area contributed by atoms with Crippen molar-refractivity contribution in [1.29, 1.82) is 0 Å². The SMILES string of the molecule is O=CC1=C(N=C=S)CCCCO1. The van der Waals surface area contributed by atoms with Crippen molar-refractivity contribution in [3.05, 3.63) is 11.5 Å². The predicted molar refractivity (Wildman–Crippen MR) is 47.9 cm³/mol. The molecular formula is C8H9NO2S. The molecule has 3 nitrogen and oxygen atoms in total. The summed E-state index contributed by atoms with van der Waals surface area (Å²) in [6, 6.07) is 0. The summed E-state index contributed by atoms with van der Waals surface area (Å²) in [7, 11) is 0. The molecule has 0 fully saturated rings. The maximum absolute atomic E-state index is 10.5. The van der Waals surface area contributed by atoms with E-state index < -0.39 is 0 Å². The molecule has 0 aromatic carbocycles. The molecule has 0 N–H and O–H groups in total. The molecule has 0 aromatic rings. The molecule has 64 valence electrons. The van der Waals surface area contributed by atoms with Gasteiger partial charge < -0.3 is 4.74 Å². The van der Waals surface area contributed by atoms with Crippen LogP contribution < -0.4 is 0 Å². The van der Waals surface area contributed by atoms with E-state index in [4.69, 9.17) is 4.74 Å². The van der Waals surface area contributed by atoms with Gasteiger partial charge in [0.2, 0.25) is 0 Å². The molecule has 0 saturated heterocycles. The Kier molecular flexibility index (Phi) is 3.64. The first kappa shape index (κ1) is 9.10. The number of rotatable bonds is 2. The Morgan fingerprint density at radius 2 is 2.42 bits per heavy atom. The molecule has 1 aliphatic heterocycles. The van der Waals surface area contributed by atoms with Crippen molar-refractivity contribution < 1.29 is 9.53 Å². The van der Waals surface area contributed by atoms with Gasteiger partial charge >= 0.3 is 0 Å². The van der Waals surface area contributed by atoms with Crippen LogP contribution in [0, 0.1) is 0 Å². The van der Waals surface area contributed by atoms with Crippen molar-refractivity contribution in [2.45, 2.75) is 19.3 Å². The van der Waals surface area contributed by atoms with E-state index in [1.807, 2.05) is 0 Å². The first-order valence-electron chi connectivity index (χ1n) is 3.77. The first-order chi connectivity index (χ1) is 5.88. The van der Waals surface area contributed by atoms with Crippen LogP contribution in [0.5, 0.6) is 0 Å². The number of allylic oxidation sites excluding steroid dienone is 2. The second-order valence-corrected chi connectivity index (χ2v) is 2.62. The Bertz CT molecular complexity index is 254. The van der Waals surface area contributed by atoms with Crippen molar-refractivity contribution in [2.75, 3.05) is 6.61 Å². The Labute approximate surface area is 76.1 Å². The van der Waals surface area contributed by atoms with Gasteiger partial charge in [0.25, 0.3) is 0 Å². The second-order valence-electron chi connectivity index (χ2n) is 2.44. The van der Waals surface area contributed by atoms with E-state index in [1.54, 1.807) is 0 Å². The summed E-state index contributed by atoms with van der Waals surface area (Å²) in [6.07, 6.45) is 3.36. The van der Waals surface area contributed by atoms with Crippen LogP contribution in [0.1, 0.15) is 19.3 Å². The van der Waals surface area contributed by atoms with Crippen molar-refractivity contribution >= 4 is 23.7 Å². The molecule has 0 atom stereocenters. The van der Waals surface area contributed by atoms with Crippen LogP contribution in [0.15, 0.2) is 16.4 Å². The number of carbonyl (C=O) groups is 1. The molecule has 12 heavy (non-hydrogen) atoms. The van der Waals surface area contributed by atoms with Gasteiger partial charge in [-0.1, -0.05) is 0 Å². The van der Waals surface area contributed by atoms with E-state index in [0.717, 1.165) is 19.3 Å². The number of isothiocyanates is 1. The Hall–Kier alpha value is -0.990. The molecule has 0 aromatic heterocycles.